The molecular formula is C24H49N. The number of hydrogen-bond acceptors (Lipinski definition) is 1. The van der Waals surface area contributed by atoms with Gasteiger partial charge in [0.1, 0.15) is 0 Å². The summed E-state index contributed by atoms with van der Waals surface area (Å²) in [5, 5.41) is 0. The van der Waals surface area contributed by atoms with Crippen molar-refractivity contribution in [2.45, 2.75) is 106 Å². The number of hydrogen-bond donors (Lipinski definition) is 1. The Bertz CT molecular complexity index is 324. The number of rotatable bonds is 15. The molecule has 0 spiro atoms. The Kier molecular flexibility index (Phi) is 11.4. The molecule has 1 heteroatoms. The molecule has 0 aromatic carbocycles. The second-order valence-electron chi connectivity index (χ2n) is 9.43. The van der Waals surface area contributed by atoms with Crippen molar-refractivity contribution in [3.8, 4) is 0 Å². The molecule has 1 aliphatic rings. The van der Waals surface area contributed by atoms with E-state index in [1.165, 1.54) is 64.2 Å². The maximum Gasteiger partial charge on any atom is -0.00745 e. The van der Waals surface area contributed by atoms with Crippen LogP contribution >= 0.6 is 0 Å². The van der Waals surface area contributed by atoms with Crippen LogP contribution in [0.4, 0.5) is 0 Å². The Morgan fingerprint density at radius 2 is 1.52 bits per heavy atom. The van der Waals surface area contributed by atoms with E-state index in [1.54, 1.807) is 0 Å². The summed E-state index contributed by atoms with van der Waals surface area (Å²) in [4.78, 5) is 0. The van der Waals surface area contributed by atoms with Gasteiger partial charge in [0, 0.05) is 0 Å². The van der Waals surface area contributed by atoms with E-state index in [1.807, 2.05) is 0 Å². The topological polar surface area (TPSA) is 26.0 Å². The van der Waals surface area contributed by atoms with Crippen molar-refractivity contribution in [1.82, 2.24) is 0 Å². The van der Waals surface area contributed by atoms with Gasteiger partial charge >= 0.3 is 0 Å². The zero-order chi connectivity index (χ0) is 18.8. The molecule has 2 N–H and O–H groups in total. The normalized spacial score (nSPS) is 26.0. The van der Waals surface area contributed by atoms with Crippen LogP contribution in [0.5, 0.6) is 0 Å². The van der Waals surface area contributed by atoms with Gasteiger partial charge in [0.2, 0.25) is 0 Å². The average molecular weight is 352 g/mol. The molecule has 7 unspecified atom stereocenters. The van der Waals surface area contributed by atoms with Crippen molar-refractivity contribution in [1.29, 1.82) is 0 Å². The molecule has 1 saturated carbocycles. The summed E-state index contributed by atoms with van der Waals surface area (Å²) >= 11 is 0. The molecule has 1 nitrogen and oxygen atoms in total. The van der Waals surface area contributed by atoms with Crippen LogP contribution in [0.1, 0.15) is 106 Å². The number of nitrogens with two attached hydrogens (primary N) is 1. The maximum atomic E-state index is 5.88. The lowest BCUT2D eigenvalue weighted by Crippen LogP contribution is -2.28. The molecule has 0 saturated heterocycles. The summed E-state index contributed by atoms with van der Waals surface area (Å²) in [5.74, 6) is 6.49. The largest absolute Gasteiger partial charge is 0.330 e. The van der Waals surface area contributed by atoms with Crippen molar-refractivity contribution < 1.29 is 0 Å². The van der Waals surface area contributed by atoms with Gasteiger partial charge in [0.05, 0.1) is 0 Å². The zero-order valence-corrected chi connectivity index (χ0v) is 18.4. The Labute approximate surface area is 159 Å². The van der Waals surface area contributed by atoms with E-state index in [-0.39, 0.29) is 0 Å². The smallest absolute Gasteiger partial charge is 0.00745 e. The van der Waals surface area contributed by atoms with E-state index in [0.29, 0.717) is 0 Å². The van der Waals surface area contributed by atoms with Crippen molar-refractivity contribution in [3.63, 3.8) is 0 Å². The van der Waals surface area contributed by atoms with Crippen LogP contribution in [-0.4, -0.2) is 6.54 Å². The Morgan fingerprint density at radius 3 is 2.08 bits per heavy atom. The van der Waals surface area contributed by atoms with Crippen LogP contribution in [-0.2, 0) is 0 Å². The molecule has 1 fully saturated rings. The van der Waals surface area contributed by atoms with Gasteiger partial charge in [-0.05, 0) is 67.2 Å². The molecule has 1 aliphatic carbocycles. The molecular weight excluding hydrogens is 302 g/mol. The molecule has 0 aliphatic heterocycles. The molecule has 0 heterocycles. The highest BCUT2D eigenvalue weighted by Crippen LogP contribution is 2.54. The summed E-state index contributed by atoms with van der Waals surface area (Å²) in [6, 6.07) is 0. The predicted molar refractivity (Wildman–Crippen MR) is 114 cm³/mol. The third kappa shape index (κ3) is 7.61. The third-order valence-electron chi connectivity index (χ3n) is 7.44. The lowest BCUT2D eigenvalue weighted by atomic mass is 9.70. The minimum atomic E-state index is 0.870. The lowest BCUT2D eigenvalue weighted by Gasteiger charge is -2.36. The Hall–Kier alpha value is -0.0400. The quantitative estimate of drug-likeness (QED) is 0.329. The van der Waals surface area contributed by atoms with E-state index < -0.39 is 0 Å². The van der Waals surface area contributed by atoms with E-state index in [4.69, 9.17) is 5.73 Å². The fraction of sp³-hybridized carbons (Fsp3) is 1.00. The van der Waals surface area contributed by atoms with Crippen LogP contribution < -0.4 is 5.73 Å². The maximum absolute atomic E-state index is 5.88. The van der Waals surface area contributed by atoms with Crippen molar-refractivity contribution in [2.75, 3.05) is 6.54 Å². The highest BCUT2D eigenvalue weighted by atomic mass is 14.6. The second kappa shape index (κ2) is 12.4. The van der Waals surface area contributed by atoms with E-state index in [2.05, 4.69) is 41.5 Å². The SMILES string of the molecule is CCCCC(C)C(C(CCCC)CC(C)C(C)CC)C1CC1CCN. The summed E-state index contributed by atoms with van der Waals surface area (Å²) in [5.41, 5.74) is 5.88. The Balaban J connectivity index is 2.85. The highest BCUT2D eigenvalue weighted by molar-refractivity contribution is 4.96. The molecule has 1 rings (SSSR count). The van der Waals surface area contributed by atoms with Crippen LogP contribution in [0, 0.1) is 41.4 Å². The number of unbranched alkanes of at least 4 members (excludes halogenated alkanes) is 2. The van der Waals surface area contributed by atoms with Gasteiger partial charge in [-0.15, -0.1) is 0 Å². The average Bonchev–Trinajstić information content (AvgIpc) is 3.35. The molecule has 0 aromatic heterocycles. The summed E-state index contributed by atoms with van der Waals surface area (Å²) < 4.78 is 0. The van der Waals surface area contributed by atoms with E-state index in [0.717, 1.165) is 48.0 Å². The van der Waals surface area contributed by atoms with E-state index in [9.17, 15) is 0 Å². The van der Waals surface area contributed by atoms with Crippen molar-refractivity contribution in [3.05, 3.63) is 0 Å². The fourth-order valence-corrected chi connectivity index (χ4v) is 5.29. The molecule has 0 bridgehead atoms. The van der Waals surface area contributed by atoms with Gasteiger partial charge in [0.25, 0.3) is 0 Å². The van der Waals surface area contributed by atoms with Crippen LogP contribution in [0.15, 0.2) is 0 Å². The van der Waals surface area contributed by atoms with Crippen molar-refractivity contribution >= 4 is 0 Å². The first-order valence-corrected chi connectivity index (χ1v) is 11.7. The molecule has 150 valence electrons. The van der Waals surface area contributed by atoms with Gasteiger partial charge in [0.15, 0.2) is 0 Å². The summed E-state index contributed by atoms with van der Waals surface area (Å²) in [6.07, 6.45) is 14.0. The van der Waals surface area contributed by atoms with Gasteiger partial charge < -0.3 is 5.73 Å². The second-order valence-corrected chi connectivity index (χ2v) is 9.43. The first kappa shape index (κ1) is 23.0. The van der Waals surface area contributed by atoms with Gasteiger partial charge in [-0.3, -0.25) is 0 Å². The Morgan fingerprint density at radius 1 is 0.880 bits per heavy atom. The van der Waals surface area contributed by atoms with Gasteiger partial charge in [-0.25, -0.2) is 0 Å². The molecule has 0 radical (unpaired) electrons. The van der Waals surface area contributed by atoms with Gasteiger partial charge in [-0.2, -0.15) is 0 Å². The third-order valence-corrected chi connectivity index (χ3v) is 7.44. The minimum absolute atomic E-state index is 0.870. The molecule has 0 amide bonds. The first-order valence-electron chi connectivity index (χ1n) is 11.7. The minimum Gasteiger partial charge on any atom is -0.330 e. The summed E-state index contributed by atoms with van der Waals surface area (Å²) in [7, 11) is 0. The summed E-state index contributed by atoms with van der Waals surface area (Å²) in [6.45, 7) is 15.5. The fourth-order valence-electron chi connectivity index (χ4n) is 5.29. The van der Waals surface area contributed by atoms with Crippen LogP contribution in [0.2, 0.25) is 0 Å². The monoisotopic (exact) mass is 351 g/mol. The molecule has 25 heavy (non-hydrogen) atoms. The molecule has 7 atom stereocenters. The molecule has 0 aromatic rings. The highest BCUT2D eigenvalue weighted by Gasteiger charge is 2.46. The first-order chi connectivity index (χ1) is 12.0. The van der Waals surface area contributed by atoms with Crippen LogP contribution in [0.25, 0.3) is 0 Å². The van der Waals surface area contributed by atoms with Crippen LogP contribution in [0.3, 0.4) is 0 Å². The van der Waals surface area contributed by atoms with Crippen molar-refractivity contribution in [2.24, 2.45) is 47.2 Å². The van der Waals surface area contributed by atoms with E-state index >= 15 is 0 Å². The van der Waals surface area contributed by atoms with Gasteiger partial charge in [-0.1, -0.05) is 86.5 Å². The lowest BCUT2D eigenvalue weighted by molar-refractivity contribution is 0.138. The zero-order valence-electron chi connectivity index (χ0n) is 18.4. The standard InChI is InChI=1S/C24H49N/c1-7-10-12-19(5)24(23-17-21(23)14-15-25)22(13-11-8-2)16-20(6)18(4)9-3/h18-24H,7-17,25H2,1-6H3. The predicted octanol–water partition coefficient (Wildman–Crippen LogP) is 7.29.